The summed E-state index contributed by atoms with van der Waals surface area (Å²) in [5.41, 5.74) is 2.17. The number of para-hydroxylation sites is 2. The van der Waals surface area contributed by atoms with Crippen molar-refractivity contribution in [3.63, 3.8) is 0 Å². The van der Waals surface area contributed by atoms with Gasteiger partial charge in [-0.1, -0.05) is 12.1 Å². The molecule has 0 unspecified atom stereocenters. The number of imidazole rings is 1. The smallest absolute Gasteiger partial charge is 0.242 e. The van der Waals surface area contributed by atoms with Crippen LogP contribution in [0.25, 0.3) is 11.0 Å². The van der Waals surface area contributed by atoms with Gasteiger partial charge in [-0.25, -0.2) is 21.8 Å². The standard InChI is InChI=1S/C19H25N5O4S2/c1-23(14-19-20-17-6-4-5-7-18(17)21-19)12-13-24(2)30(27,28)16-10-8-15(9-11-16)22-29(3,25)26/h4-11,22H,12-14H2,1-3H3,(H,20,21). The summed E-state index contributed by atoms with van der Waals surface area (Å²) in [5, 5.41) is 0. The Labute approximate surface area is 176 Å². The topological polar surface area (TPSA) is 115 Å². The molecule has 0 aliphatic heterocycles. The normalized spacial score (nSPS) is 12.7. The number of aromatic amines is 1. The Kier molecular flexibility index (Phi) is 6.46. The molecule has 1 aromatic heterocycles. The summed E-state index contributed by atoms with van der Waals surface area (Å²) < 4.78 is 51.7. The molecule has 2 aromatic carbocycles. The van der Waals surface area contributed by atoms with Gasteiger partial charge in [0.2, 0.25) is 20.0 Å². The van der Waals surface area contributed by atoms with E-state index in [9.17, 15) is 16.8 Å². The number of likely N-dealkylation sites (N-methyl/N-ethyl adjacent to an activating group) is 2. The van der Waals surface area contributed by atoms with E-state index >= 15 is 0 Å². The lowest BCUT2D eigenvalue weighted by atomic mass is 10.3. The predicted molar refractivity (Wildman–Crippen MR) is 117 cm³/mol. The molecule has 9 nitrogen and oxygen atoms in total. The molecule has 3 rings (SSSR count). The summed E-state index contributed by atoms with van der Waals surface area (Å²) in [5.74, 6) is 0.818. The van der Waals surface area contributed by atoms with Crippen molar-refractivity contribution in [2.75, 3.05) is 38.2 Å². The molecule has 162 valence electrons. The van der Waals surface area contributed by atoms with E-state index in [0.717, 1.165) is 23.1 Å². The Balaban J connectivity index is 1.59. The van der Waals surface area contributed by atoms with Gasteiger partial charge in [0.05, 0.1) is 28.7 Å². The first kappa shape index (κ1) is 22.2. The minimum Gasteiger partial charge on any atom is -0.341 e. The van der Waals surface area contributed by atoms with Crippen LogP contribution in [0.15, 0.2) is 53.4 Å². The first-order chi connectivity index (χ1) is 14.0. The highest BCUT2D eigenvalue weighted by molar-refractivity contribution is 7.92. The maximum Gasteiger partial charge on any atom is 0.242 e. The summed E-state index contributed by atoms with van der Waals surface area (Å²) in [7, 11) is -3.68. The van der Waals surface area contributed by atoms with E-state index in [2.05, 4.69) is 14.7 Å². The minimum atomic E-state index is -3.68. The van der Waals surface area contributed by atoms with Gasteiger partial charge >= 0.3 is 0 Å². The third kappa shape index (κ3) is 5.57. The van der Waals surface area contributed by atoms with E-state index in [1.54, 1.807) is 0 Å². The fourth-order valence-electron chi connectivity index (χ4n) is 2.94. The van der Waals surface area contributed by atoms with Gasteiger partial charge in [-0.15, -0.1) is 0 Å². The lowest BCUT2D eigenvalue weighted by molar-refractivity contribution is 0.295. The predicted octanol–water partition coefficient (Wildman–Crippen LogP) is 1.69. The quantitative estimate of drug-likeness (QED) is 0.512. The summed E-state index contributed by atoms with van der Waals surface area (Å²) in [6.07, 6.45) is 1.04. The molecule has 0 saturated heterocycles. The van der Waals surface area contributed by atoms with Crippen molar-refractivity contribution in [3.05, 3.63) is 54.4 Å². The fraction of sp³-hybridized carbons (Fsp3) is 0.316. The monoisotopic (exact) mass is 451 g/mol. The van der Waals surface area contributed by atoms with Crippen LogP contribution in [0, 0.1) is 0 Å². The molecule has 0 amide bonds. The molecule has 11 heteroatoms. The van der Waals surface area contributed by atoms with E-state index in [-0.39, 0.29) is 4.90 Å². The van der Waals surface area contributed by atoms with Gasteiger partial charge in [0.1, 0.15) is 5.82 Å². The van der Waals surface area contributed by atoms with Crippen LogP contribution in [0.2, 0.25) is 0 Å². The number of nitrogens with zero attached hydrogens (tertiary/aromatic N) is 3. The zero-order chi connectivity index (χ0) is 21.9. The van der Waals surface area contributed by atoms with Crippen molar-refractivity contribution in [3.8, 4) is 0 Å². The van der Waals surface area contributed by atoms with Crippen LogP contribution >= 0.6 is 0 Å². The van der Waals surface area contributed by atoms with Gasteiger partial charge in [0.15, 0.2) is 0 Å². The number of nitrogens with one attached hydrogen (secondary N) is 2. The lowest BCUT2D eigenvalue weighted by Crippen LogP contribution is -2.34. The Morgan fingerprint density at radius 1 is 0.967 bits per heavy atom. The number of H-pyrrole nitrogens is 1. The molecule has 0 bridgehead atoms. The molecular formula is C19H25N5O4S2. The second kappa shape index (κ2) is 8.72. The van der Waals surface area contributed by atoms with Crippen LogP contribution in [0.4, 0.5) is 5.69 Å². The fourth-order valence-corrected chi connectivity index (χ4v) is 4.66. The maximum atomic E-state index is 12.8. The van der Waals surface area contributed by atoms with Crippen LogP contribution in [0.1, 0.15) is 5.82 Å². The third-order valence-electron chi connectivity index (χ3n) is 4.52. The van der Waals surface area contributed by atoms with Gasteiger partial charge < -0.3 is 4.98 Å². The molecule has 30 heavy (non-hydrogen) atoms. The van der Waals surface area contributed by atoms with Crippen molar-refractivity contribution in [2.24, 2.45) is 0 Å². The van der Waals surface area contributed by atoms with Crippen LogP contribution in [-0.4, -0.2) is 69.4 Å². The number of aromatic nitrogens is 2. The summed E-state index contributed by atoms with van der Waals surface area (Å²) >= 11 is 0. The van der Waals surface area contributed by atoms with Gasteiger partial charge in [-0.2, -0.15) is 4.31 Å². The first-order valence-electron chi connectivity index (χ1n) is 9.21. The summed E-state index contributed by atoms with van der Waals surface area (Å²) in [6, 6.07) is 13.4. The largest absolute Gasteiger partial charge is 0.341 e. The second-order valence-electron chi connectivity index (χ2n) is 7.16. The van der Waals surface area contributed by atoms with E-state index in [0.29, 0.717) is 25.3 Å². The molecule has 0 aliphatic carbocycles. The average molecular weight is 452 g/mol. The molecular weight excluding hydrogens is 426 g/mol. The number of hydrogen-bond acceptors (Lipinski definition) is 6. The van der Waals surface area contributed by atoms with Gasteiger partial charge in [0.25, 0.3) is 0 Å². The zero-order valence-electron chi connectivity index (χ0n) is 17.0. The Morgan fingerprint density at radius 2 is 1.63 bits per heavy atom. The van der Waals surface area contributed by atoms with Crippen molar-refractivity contribution in [1.82, 2.24) is 19.2 Å². The van der Waals surface area contributed by atoms with Crippen LogP contribution < -0.4 is 4.72 Å². The average Bonchev–Trinajstić information content (AvgIpc) is 3.07. The van der Waals surface area contributed by atoms with Crippen molar-refractivity contribution in [2.45, 2.75) is 11.4 Å². The minimum absolute atomic E-state index is 0.101. The number of sulfonamides is 2. The van der Waals surface area contributed by atoms with Crippen molar-refractivity contribution >= 4 is 36.8 Å². The van der Waals surface area contributed by atoms with Gasteiger partial charge in [0, 0.05) is 25.8 Å². The molecule has 0 atom stereocenters. The maximum absolute atomic E-state index is 12.8. The van der Waals surface area contributed by atoms with E-state index in [4.69, 9.17) is 0 Å². The Morgan fingerprint density at radius 3 is 2.27 bits per heavy atom. The van der Waals surface area contributed by atoms with Crippen LogP contribution in [-0.2, 0) is 26.6 Å². The second-order valence-corrected chi connectivity index (χ2v) is 11.0. The molecule has 0 saturated carbocycles. The van der Waals surface area contributed by atoms with Gasteiger partial charge in [-0.3, -0.25) is 9.62 Å². The van der Waals surface area contributed by atoms with Gasteiger partial charge in [-0.05, 0) is 43.4 Å². The Hall–Kier alpha value is -2.47. The van der Waals surface area contributed by atoms with Crippen molar-refractivity contribution in [1.29, 1.82) is 0 Å². The molecule has 2 N–H and O–H groups in total. The van der Waals surface area contributed by atoms with E-state index < -0.39 is 20.0 Å². The van der Waals surface area contributed by atoms with E-state index in [1.165, 1.54) is 35.6 Å². The highest BCUT2D eigenvalue weighted by Gasteiger charge is 2.21. The zero-order valence-corrected chi connectivity index (χ0v) is 18.7. The molecule has 1 heterocycles. The number of fused-ring (bicyclic) bond motifs is 1. The highest BCUT2D eigenvalue weighted by atomic mass is 32.2. The number of anilines is 1. The van der Waals surface area contributed by atoms with Crippen LogP contribution in [0.5, 0.6) is 0 Å². The number of hydrogen-bond donors (Lipinski definition) is 2. The summed E-state index contributed by atoms with van der Waals surface area (Å²) in [4.78, 5) is 9.88. The SMILES string of the molecule is CN(CCN(C)S(=O)(=O)c1ccc(NS(C)(=O)=O)cc1)Cc1nc2ccccc2[nH]1. The Bertz CT molecular complexity index is 1190. The van der Waals surface area contributed by atoms with Crippen LogP contribution in [0.3, 0.4) is 0 Å². The number of rotatable bonds is 9. The molecule has 0 fully saturated rings. The molecule has 0 aliphatic rings. The van der Waals surface area contributed by atoms with E-state index in [1.807, 2.05) is 36.2 Å². The third-order valence-corrected chi connectivity index (χ3v) is 7.00. The number of benzene rings is 2. The summed E-state index contributed by atoms with van der Waals surface area (Å²) in [6.45, 7) is 1.37. The molecule has 0 radical (unpaired) electrons. The highest BCUT2D eigenvalue weighted by Crippen LogP contribution is 2.18. The van der Waals surface area contributed by atoms with Crippen molar-refractivity contribution < 1.29 is 16.8 Å². The first-order valence-corrected chi connectivity index (χ1v) is 12.5. The molecule has 3 aromatic rings. The lowest BCUT2D eigenvalue weighted by Gasteiger charge is -2.21. The molecule has 0 spiro atoms.